The lowest BCUT2D eigenvalue weighted by molar-refractivity contribution is -0.195. The molecule has 1 heterocycles. The summed E-state index contributed by atoms with van der Waals surface area (Å²) in [7, 11) is 0. The number of hydrogen-bond donors (Lipinski definition) is 2. The number of aliphatic hydroxyl groups is 1. The molecule has 1 atom stereocenters. The standard InChI is InChI=1S/C8H9F3N2OS/c9-8(10,11)7(14)4-15-6-1-2-13-3-5(6)12/h1-3,7,14H,4,12H2. The molecule has 0 aromatic carbocycles. The predicted octanol–water partition coefficient (Wildman–Crippen LogP) is 1.68. The summed E-state index contributed by atoms with van der Waals surface area (Å²) in [5, 5.41) is 8.74. The summed E-state index contributed by atoms with van der Waals surface area (Å²) in [4.78, 5) is 4.18. The Balaban J connectivity index is 2.55. The van der Waals surface area contributed by atoms with Crippen LogP contribution in [0.25, 0.3) is 0 Å². The molecule has 1 aromatic heterocycles. The number of anilines is 1. The summed E-state index contributed by atoms with van der Waals surface area (Å²) in [5.74, 6) is -0.474. The van der Waals surface area contributed by atoms with Gasteiger partial charge in [-0.3, -0.25) is 4.98 Å². The van der Waals surface area contributed by atoms with Crippen LogP contribution in [0.15, 0.2) is 23.4 Å². The van der Waals surface area contributed by atoms with Crippen molar-refractivity contribution in [3.63, 3.8) is 0 Å². The quantitative estimate of drug-likeness (QED) is 0.786. The SMILES string of the molecule is Nc1cnccc1SCC(O)C(F)(F)F. The molecule has 7 heteroatoms. The normalized spacial score (nSPS) is 13.9. The van der Waals surface area contributed by atoms with Crippen molar-refractivity contribution in [1.29, 1.82) is 0 Å². The minimum atomic E-state index is -4.59. The van der Waals surface area contributed by atoms with Crippen molar-refractivity contribution in [2.75, 3.05) is 11.5 Å². The van der Waals surface area contributed by atoms with Crippen molar-refractivity contribution in [3.05, 3.63) is 18.5 Å². The van der Waals surface area contributed by atoms with Gasteiger partial charge in [-0.2, -0.15) is 13.2 Å². The van der Waals surface area contributed by atoms with Crippen molar-refractivity contribution >= 4 is 17.4 Å². The van der Waals surface area contributed by atoms with E-state index in [4.69, 9.17) is 10.8 Å². The highest BCUT2D eigenvalue weighted by Crippen LogP contribution is 2.28. The first-order chi connectivity index (χ1) is 6.91. The zero-order valence-corrected chi connectivity index (χ0v) is 8.35. The Morgan fingerprint density at radius 2 is 2.20 bits per heavy atom. The maximum Gasteiger partial charge on any atom is 0.415 e. The summed E-state index contributed by atoms with van der Waals surface area (Å²) in [6, 6.07) is 1.50. The molecule has 0 aliphatic heterocycles. The van der Waals surface area contributed by atoms with Gasteiger partial charge < -0.3 is 10.8 Å². The summed E-state index contributed by atoms with van der Waals surface area (Å²) in [6.45, 7) is 0. The van der Waals surface area contributed by atoms with Gasteiger partial charge in [0.25, 0.3) is 0 Å². The second-order valence-electron chi connectivity index (χ2n) is 2.78. The number of nitrogen functional groups attached to an aromatic ring is 1. The number of hydrogen-bond acceptors (Lipinski definition) is 4. The van der Waals surface area contributed by atoms with Gasteiger partial charge in [-0.25, -0.2) is 0 Å². The van der Waals surface area contributed by atoms with E-state index in [0.29, 0.717) is 10.6 Å². The maximum atomic E-state index is 11.9. The highest BCUT2D eigenvalue weighted by Gasteiger charge is 2.37. The Morgan fingerprint density at radius 1 is 1.53 bits per heavy atom. The van der Waals surface area contributed by atoms with Crippen LogP contribution in [0.4, 0.5) is 18.9 Å². The monoisotopic (exact) mass is 238 g/mol. The number of alkyl halides is 3. The third kappa shape index (κ3) is 3.60. The average Bonchev–Trinajstić information content (AvgIpc) is 2.14. The fourth-order valence-electron chi connectivity index (χ4n) is 0.789. The zero-order chi connectivity index (χ0) is 11.5. The van der Waals surface area contributed by atoms with E-state index >= 15 is 0 Å². The molecule has 0 fully saturated rings. The van der Waals surface area contributed by atoms with E-state index in [1.165, 1.54) is 18.5 Å². The van der Waals surface area contributed by atoms with E-state index in [1.807, 2.05) is 0 Å². The van der Waals surface area contributed by atoms with Crippen LogP contribution < -0.4 is 5.73 Å². The molecule has 0 saturated carbocycles. The van der Waals surface area contributed by atoms with Gasteiger partial charge in [0.1, 0.15) is 0 Å². The van der Waals surface area contributed by atoms with E-state index < -0.39 is 18.0 Å². The lowest BCUT2D eigenvalue weighted by atomic mass is 10.4. The highest BCUT2D eigenvalue weighted by molar-refractivity contribution is 7.99. The van der Waals surface area contributed by atoms with Gasteiger partial charge in [0.15, 0.2) is 6.10 Å². The van der Waals surface area contributed by atoms with Gasteiger partial charge in [0, 0.05) is 16.8 Å². The van der Waals surface area contributed by atoms with Crippen molar-refractivity contribution < 1.29 is 18.3 Å². The molecule has 3 nitrogen and oxygen atoms in total. The van der Waals surface area contributed by atoms with E-state index in [1.54, 1.807) is 0 Å². The first-order valence-electron chi connectivity index (χ1n) is 3.98. The lowest BCUT2D eigenvalue weighted by Crippen LogP contribution is -2.30. The van der Waals surface area contributed by atoms with Crippen molar-refractivity contribution in [1.82, 2.24) is 4.98 Å². The number of nitrogens with two attached hydrogens (primary N) is 1. The van der Waals surface area contributed by atoms with Crippen LogP contribution in [0.2, 0.25) is 0 Å². The lowest BCUT2D eigenvalue weighted by Gasteiger charge is -2.14. The number of halogens is 3. The molecule has 0 aliphatic carbocycles. The molecule has 0 saturated heterocycles. The van der Waals surface area contributed by atoms with Crippen LogP contribution in [-0.4, -0.2) is 28.1 Å². The van der Waals surface area contributed by atoms with E-state index in [-0.39, 0.29) is 0 Å². The Bertz CT molecular complexity index is 332. The number of aromatic nitrogens is 1. The fraction of sp³-hybridized carbons (Fsp3) is 0.375. The summed E-state index contributed by atoms with van der Waals surface area (Å²) >= 11 is 0.847. The van der Waals surface area contributed by atoms with Crippen LogP contribution in [0, 0.1) is 0 Å². The van der Waals surface area contributed by atoms with E-state index in [9.17, 15) is 13.2 Å². The minimum Gasteiger partial charge on any atom is -0.397 e. The van der Waals surface area contributed by atoms with Crippen LogP contribution in [-0.2, 0) is 0 Å². The molecule has 0 aliphatic rings. The van der Waals surface area contributed by atoms with Gasteiger partial charge >= 0.3 is 6.18 Å². The van der Waals surface area contributed by atoms with Crippen LogP contribution in [0.5, 0.6) is 0 Å². The summed E-state index contributed by atoms with van der Waals surface area (Å²) in [6.07, 6.45) is -4.15. The van der Waals surface area contributed by atoms with E-state index in [0.717, 1.165) is 11.8 Å². The first-order valence-corrected chi connectivity index (χ1v) is 4.97. The molecule has 15 heavy (non-hydrogen) atoms. The Kier molecular flexibility index (Phi) is 3.81. The zero-order valence-electron chi connectivity index (χ0n) is 7.53. The summed E-state index contributed by atoms with van der Waals surface area (Å²) in [5.41, 5.74) is 5.77. The Morgan fingerprint density at radius 3 is 2.73 bits per heavy atom. The van der Waals surface area contributed by atoms with Gasteiger partial charge in [0.05, 0.1) is 11.9 Å². The Hall–Kier alpha value is -0.950. The molecule has 1 rings (SSSR count). The summed E-state index contributed by atoms with van der Waals surface area (Å²) < 4.78 is 35.8. The molecule has 0 amide bonds. The molecule has 84 valence electrons. The second-order valence-corrected chi connectivity index (χ2v) is 3.84. The van der Waals surface area contributed by atoms with Crippen LogP contribution in [0.3, 0.4) is 0 Å². The smallest absolute Gasteiger partial charge is 0.397 e. The average molecular weight is 238 g/mol. The van der Waals surface area contributed by atoms with Gasteiger partial charge in [-0.15, -0.1) is 11.8 Å². The molecular weight excluding hydrogens is 229 g/mol. The molecule has 1 unspecified atom stereocenters. The first kappa shape index (κ1) is 12.1. The van der Waals surface area contributed by atoms with E-state index in [2.05, 4.69) is 4.98 Å². The maximum absolute atomic E-state index is 11.9. The molecule has 1 aromatic rings. The largest absolute Gasteiger partial charge is 0.415 e. The van der Waals surface area contributed by atoms with Crippen LogP contribution >= 0.6 is 11.8 Å². The molecule has 0 bridgehead atoms. The topological polar surface area (TPSA) is 59.1 Å². The second kappa shape index (κ2) is 4.71. The van der Waals surface area contributed by atoms with Gasteiger partial charge in [-0.05, 0) is 6.07 Å². The Labute approximate surface area is 88.5 Å². The molecule has 0 spiro atoms. The number of rotatable bonds is 3. The number of pyridine rings is 1. The van der Waals surface area contributed by atoms with Gasteiger partial charge in [-0.1, -0.05) is 0 Å². The third-order valence-electron chi connectivity index (χ3n) is 1.58. The third-order valence-corrected chi connectivity index (χ3v) is 2.75. The number of thioether (sulfide) groups is 1. The molecular formula is C8H9F3N2OS. The van der Waals surface area contributed by atoms with Gasteiger partial charge in [0.2, 0.25) is 0 Å². The highest BCUT2D eigenvalue weighted by atomic mass is 32.2. The molecule has 3 N–H and O–H groups in total. The van der Waals surface area contributed by atoms with Crippen molar-refractivity contribution in [2.24, 2.45) is 0 Å². The minimum absolute atomic E-state index is 0.303. The van der Waals surface area contributed by atoms with Crippen molar-refractivity contribution in [3.8, 4) is 0 Å². The fourth-order valence-corrected chi connectivity index (χ4v) is 1.69. The number of aliphatic hydroxyl groups excluding tert-OH is 1. The van der Waals surface area contributed by atoms with Crippen LogP contribution in [0.1, 0.15) is 0 Å². The predicted molar refractivity (Wildman–Crippen MR) is 51.4 cm³/mol. The number of nitrogens with zero attached hydrogens (tertiary/aromatic N) is 1. The molecule has 0 radical (unpaired) electrons. The van der Waals surface area contributed by atoms with Crippen molar-refractivity contribution in [2.45, 2.75) is 17.2 Å².